The van der Waals surface area contributed by atoms with Crippen LogP contribution in [0.25, 0.3) is 0 Å². The summed E-state index contributed by atoms with van der Waals surface area (Å²) in [5.41, 5.74) is 2.48. The Balaban J connectivity index is 2.17. The molecular weight excluding hydrogens is 148 g/mol. The topological polar surface area (TPSA) is 24.9 Å². The summed E-state index contributed by atoms with van der Waals surface area (Å²) in [7, 11) is 0. The maximum absolute atomic E-state index is 4.42. The van der Waals surface area contributed by atoms with Crippen molar-refractivity contribution in [1.82, 2.24) is 10.3 Å². The summed E-state index contributed by atoms with van der Waals surface area (Å²) in [4.78, 5) is 4.42. The number of pyridine rings is 1. The Morgan fingerprint density at radius 2 is 2.42 bits per heavy atom. The molecule has 1 aliphatic heterocycles. The molecule has 0 aliphatic carbocycles. The van der Waals surface area contributed by atoms with Gasteiger partial charge >= 0.3 is 0 Å². The summed E-state index contributed by atoms with van der Waals surface area (Å²) in [5, 5.41) is 3.35. The van der Waals surface area contributed by atoms with E-state index in [-0.39, 0.29) is 0 Å². The Hall–Kier alpha value is -0.890. The number of nitrogens with one attached hydrogen (secondary N) is 1. The summed E-state index contributed by atoms with van der Waals surface area (Å²) in [6.45, 7) is 4.31. The van der Waals surface area contributed by atoms with Crippen LogP contribution in [0.15, 0.2) is 18.3 Å². The maximum atomic E-state index is 4.42. The number of rotatable bonds is 1. The zero-order valence-electron chi connectivity index (χ0n) is 7.38. The number of hydrogen-bond donors (Lipinski definition) is 1. The van der Waals surface area contributed by atoms with Crippen molar-refractivity contribution in [2.45, 2.75) is 19.3 Å². The van der Waals surface area contributed by atoms with Crippen molar-refractivity contribution >= 4 is 0 Å². The fraction of sp³-hybridized carbons (Fsp3) is 0.500. The van der Waals surface area contributed by atoms with E-state index >= 15 is 0 Å². The van der Waals surface area contributed by atoms with Gasteiger partial charge in [0.15, 0.2) is 0 Å². The first-order valence-corrected chi connectivity index (χ1v) is 4.49. The third-order valence-corrected chi connectivity index (χ3v) is 2.41. The molecule has 1 fully saturated rings. The van der Waals surface area contributed by atoms with Crippen LogP contribution in [0, 0.1) is 6.92 Å². The Morgan fingerprint density at radius 3 is 3.00 bits per heavy atom. The van der Waals surface area contributed by atoms with E-state index in [0.717, 1.165) is 13.1 Å². The van der Waals surface area contributed by atoms with E-state index in [1.807, 2.05) is 6.20 Å². The highest BCUT2D eigenvalue weighted by Crippen LogP contribution is 2.19. The van der Waals surface area contributed by atoms with Gasteiger partial charge in [-0.15, -0.1) is 0 Å². The number of aryl methyl sites for hydroxylation is 1. The van der Waals surface area contributed by atoms with Crippen molar-refractivity contribution in [2.24, 2.45) is 0 Å². The largest absolute Gasteiger partial charge is 0.316 e. The van der Waals surface area contributed by atoms with Gasteiger partial charge < -0.3 is 5.32 Å². The lowest BCUT2D eigenvalue weighted by molar-refractivity contribution is 0.734. The van der Waals surface area contributed by atoms with Crippen molar-refractivity contribution in [3.8, 4) is 0 Å². The molecule has 2 nitrogen and oxygen atoms in total. The van der Waals surface area contributed by atoms with Crippen molar-refractivity contribution in [3.63, 3.8) is 0 Å². The average Bonchev–Trinajstić information content (AvgIpc) is 2.58. The zero-order valence-corrected chi connectivity index (χ0v) is 7.38. The molecule has 1 aromatic rings. The van der Waals surface area contributed by atoms with Crippen LogP contribution in [0.2, 0.25) is 0 Å². The minimum atomic E-state index is 0.644. The van der Waals surface area contributed by atoms with Crippen molar-refractivity contribution in [1.29, 1.82) is 0 Å². The first-order chi connectivity index (χ1) is 5.86. The molecule has 2 heterocycles. The van der Waals surface area contributed by atoms with E-state index < -0.39 is 0 Å². The smallest absolute Gasteiger partial charge is 0.0447 e. The summed E-state index contributed by atoms with van der Waals surface area (Å²) in [6.07, 6.45) is 3.18. The Labute approximate surface area is 73.0 Å². The first-order valence-electron chi connectivity index (χ1n) is 4.49. The van der Waals surface area contributed by atoms with Crippen molar-refractivity contribution in [3.05, 3.63) is 29.6 Å². The zero-order chi connectivity index (χ0) is 8.39. The van der Waals surface area contributed by atoms with E-state index in [4.69, 9.17) is 0 Å². The lowest BCUT2D eigenvalue weighted by Crippen LogP contribution is -2.08. The lowest BCUT2D eigenvalue weighted by atomic mass is 10.0. The minimum Gasteiger partial charge on any atom is -0.316 e. The first kappa shape index (κ1) is 7.74. The van der Waals surface area contributed by atoms with Crippen LogP contribution in [0.3, 0.4) is 0 Å². The van der Waals surface area contributed by atoms with Gasteiger partial charge in [0.25, 0.3) is 0 Å². The molecule has 1 aromatic heterocycles. The molecule has 0 radical (unpaired) electrons. The standard InChI is InChI=1S/C10H14N2/c1-8-2-3-10(12-6-8)9-4-5-11-7-9/h2-3,6,9,11H,4-5,7H2,1H3/t9-/m0/s1. The highest BCUT2D eigenvalue weighted by molar-refractivity contribution is 5.16. The van der Waals surface area contributed by atoms with E-state index in [1.54, 1.807) is 0 Å². The van der Waals surface area contributed by atoms with E-state index in [9.17, 15) is 0 Å². The second kappa shape index (κ2) is 3.23. The van der Waals surface area contributed by atoms with E-state index in [1.165, 1.54) is 17.7 Å². The monoisotopic (exact) mass is 162 g/mol. The molecule has 0 bridgehead atoms. The predicted molar refractivity (Wildman–Crippen MR) is 49.2 cm³/mol. The second-order valence-electron chi connectivity index (χ2n) is 3.45. The van der Waals surface area contributed by atoms with Crippen LogP contribution >= 0.6 is 0 Å². The molecule has 0 amide bonds. The van der Waals surface area contributed by atoms with Gasteiger partial charge in [0.1, 0.15) is 0 Å². The van der Waals surface area contributed by atoms with E-state index in [2.05, 4.69) is 29.4 Å². The SMILES string of the molecule is Cc1ccc([C@H]2CCNC2)nc1. The van der Waals surface area contributed by atoms with Gasteiger partial charge in [-0.3, -0.25) is 4.98 Å². The van der Waals surface area contributed by atoms with E-state index in [0.29, 0.717) is 5.92 Å². The molecular formula is C10H14N2. The molecule has 1 atom stereocenters. The summed E-state index contributed by atoms with van der Waals surface area (Å²) >= 11 is 0. The molecule has 0 unspecified atom stereocenters. The molecule has 2 heteroatoms. The third kappa shape index (κ3) is 1.48. The molecule has 1 N–H and O–H groups in total. The van der Waals surface area contributed by atoms with Gasteiger partial charge in [0, 0.05) is 24.4 Å². The van der Waals surface area contributed by atoms with Gasteiger partial charge in [0.2, 0.25) is 0 Å². The molecule has 1 aliphatic rings. The highest BCUT2D eigenvalue weighted by Gasteiger charge is 2.16. The fourth-order valence-corrected chi connectivity index (χ4v) is 1.63. The van der Waals surface area contributed by atoms with Gasteiger partial charge in [-0.05, 0) is 31.5 Å². The number of hydrogen-bond acceptors (Lipinski definition) is 2. The van der Waals surface area contributed by atoms with Gasteiger partial charge in [0.05, 0.1) is 0 Å². The Kier molecular flexibility index (Phi) is 2.09. The average molecular weight is 162 g/mol. The lowest BCUT2D eigenvalue weighted by Gasteiger charge is -2.06. The quantitative estimate of drug-likeness (QED) is 0.676. The second-order valence-corrected chi connectivity index (χ2v) is 3.45. The summed E-state index contributed by atoms with van der Waals surface area (Å²) in [5.74, 6) is 0.644. The third-order valence-electron chi connectivity index (χ3n) is 2.41. The molecule has 2 rings (SSSR count). The van der Waals surface area contributed by atoms with Crippen LogP contribution in [-0.4, -0.2) is 18.1 Å². The Bertz CT molecular complexity index is 247. The van der Waals surface area contributed by atoms with Crippen LogP contribution in [0.1, 0.15) is 23.6 Å². The van der Waals surface area contributed by atoms with Gasteiger partial charge in [-0.1, -0.05) is 6.07 Å². The molecule has 0 spiro atoms. The molecule has 12 heavy (non-hydrogen) atoms. The summed E-state index contributed by atoms with van der Waals surface area (Å²) in [6, 6.07) is 4.29. The normalized spacial score (nSPS) is 22.9. The van der Waals surface area contributed by atoms with Crippen LogP contribution < -0.4 is 5.32 Å². The Morgan fingerprint density at radius 1 is 1.50 bits per heavy atom. The molecule has 1 saturated heterocycles. The van der Waals surface area contributed by atoms with Crippen LogP contribution in [-0.2, 0) is 0 Å². The van der Waals surface area contributed by atoms with Crippen molar-refractivity contribution < 1.29 is 0 Å². The molecule has 0 aromatic carbocycles. The number of aromatic nitrogens is 1. The maximum Gasteiger partial charge on any atom is 0.0447 e. The van der Waals surface area contributed by atoms with Crippen LogP contribution in [0.4, 0.5) is 0 Å². The predicted octanol–water partition coefficient (Wildman–Crippen LogP) is 1.47. The molecule has 0 saturated carbocycles. The highest BCUT2D eigenvalue weighted by atomic mass is 14.9. The number of nitrogens with zero attached hydrogens (tertiary/aromatic N) is 1. The molecule has 64 valence electrons. The van der Waals surface area contributed by atoms with Crippen LogP contribution in [0.5, 0.6) is 0 Å². The fourth-order valence-electron chi connectivity index (χ4n) is 1.63. The van der Waals surface area contributed by atoms with Gasteiger partial charge in [-0.2, -0.15) is 0 Å². The van der Waals surface area contributed by atoms with Crippen molar-refractivity contribution in [2.75, 3.05) is 13.1 Å². The summed E-state index contributed by atoms with van der Waals surface area (Å²) < 4.78 is 0. The minimum absolute atomic E-state index is 0.644. The van der Waals surface area contributed by atoms with Gasteiger partial charge in [-0.25, -0.2) is 0 Å².